The van der Waals surface area contributed by atoms with E-state index in [9.17, 15) is 4.79 Å². The lowest BCUT2D eigenvalue weighted by Crippen LogP contribution is -2.22. The van der Waals surface area contributed by atoms with Gasteiger partial charge in [0.05, 0.1) is 12.7 Å². The van der Waals surface area contributed by atoms with Crippen molar-refractivity contribution in [2.75, 3.05) is 13.7 Å². The molecule has 0 bridgehead atoms. The summed E-state index contributed by atoms with van der Waals surface area (Å²) in [6.45, 7) is 4.19. The summed E-state index contributed by atoms with van der Waals surface area (Å²) in [7, 11) is 1.41. The molecular formula is C20H23NO2. The summed E-state index contributed by atoms with van der Waals surface area (Å²) in [4.78, 5) is 14.0. The number of nitrogens with zero attached hydrogens (tertiary/aromatic N) is 1. The minimum atomic E-state index is -0.282. The molecule has 3 nitrogen and oxygen atoms in total. The van der Waals surface area contributed by atoms with Gasteiger partial charge in [-0.2, -0.15) is 0 Å². The number of aryl methyl sites for hydroxylation is 1. The van der Waals surface area contributed by atoms with Crippen LogP contribution < -0.4 is 0 Å². The Hall–Kier alpha value is -2.13. The van der Waals surface area contributed by atoms with Crippen LogP contribution in [0.3, 0.4) is 0 Å². The third-order valence-corrected chi connectivity index (χ3v) is 4.55. The first-order chi connectivity index (χ1) is 11.2. The maximum absolute atomic E-state index is 11.5. The van der Waals surface area contributed by atoms with Gasteiger partial charge in [-0.3, -0.25) is 4.90 Å². The number of methoxy groups -OCH3 is 1. The number of hydrogen-bond acceptors (Lipinski definition) is 3. The third-order valence-electron chi connectivity index (χ3n) is 4.55. The van der Waals surface area contributed by atoms with E-state index in [1.165, 1.54) is 36.6 Å². The molecule has 0 spiro atoms. The average molecular weight is 309 g/mol. The van der Waals surface area contributed by atoms with Crippen molar-refractivity contribution in [3.05, 3.63) is 70.8 Å². The largest absolute Gasteiger partial charge is 0.465 e. The Morgan fingerprint density at radius 3 is 2.70 bits per heavy atom. The van der Waals surface area contributed by atoms with Crippen molar-refractivity contribution in [2.45, 2.75) is 32.4 Å². The van der Waals surface area contributed by atoms with Gasteiger partial charge in [0.1, 0.15) is 0 Å². The summed E-state index contributed by atoms with van der Waals surface area (Å²) < 4.78 is 4.75. The molecule has 1 atom stereocenters. The molecule has 1 heterocycles. The summed E-state index contributed by atoms with van der Waals surface area (Å²) in [6.07, 6.45) is 2.45. The number of rotatable bonds is 4. The Bertz CT molecular complexity index is 678. The van der Waals surface area contributed by atoms with Gasteiger partial charge in [0.15, 0.2) is 0 Å². The highest BCUT2D eigenvalue weighted by molar-refractivity contribution is 5.89. The summed E-state index contributed by atoms with van der Waals surface area (Å²) in [6, 6.07) is 17.1. The lowest BCUT2D eigenvalue weighted by atomic mass is 10.0. The lowest BCUT2D eigenvalue weighted by Gasteiger charge is -2.25. The summed E-state index contributed by atoms with van der Waals surface area (Å²) >= 11 is 0. The fourth-order valence-electron chi connectivity index (χ4n) is 3.37. The summed E-state index contributed by atoms with van der Waals surface area (Å²) in [5.74, 6) is -0.282. The van der Waals surface area contributed by atoms with Crippen LogP contribution in [0.25, 0.3) is 0 Å². The van der Waals surface area contributed by atoms with Crippen molar-refractivity contribution in [2.24, 2.45) is 0 Å². The molecule has 0 radical (unpaired) electrons. The highest BCUT2D eigenvalue weighted by Gasteiger charge is 2.25. The molecule has 3 heteroatoms. The van der Waals surface area contributed by atoms with Gasteiger partial charge >= 0.3 is 5.97 Å². The van der Waals surface area contributed by atoms with Crippen LogP contribution in [0.1, 0.15) is 45.9 Å². The van der Waals surface area contributed by atoms with Gasteiger partial charge in [0.25, 0.3) is 0 Å². The molecule has 3 rings (SSSR count). The standard InChI is InChI=1S/C20H23NO2/c1-15-5-3-6-18(13-15)19-7-4-12-21(19)14-16-8-10-17(11-9-16)20(22)23-2/h3,5-6,8-11,13,19H,4,7,12,14H2,1-2H3/t19-/m1/s1. The average Bonchev–Trinajstić information content (AvgIpc) is 3.03. The predicted octanol–water partition coefficient (Wildman–Crippen LogP) is 4.12. The highest BCUT2D eigenvalue weighted by atomic mass is 16.5. The smallest absolute Gasteiger partial charge is 0.337 e. The van der Waals surface area contributed by atoms with E-state index in [2.05, 4.69) is 36.1 Å². The van der Waals surface area contributed by atoms with Crippen molar-refractivity contribution in [3.8, 4) is 0 Å². The molecule has 1 aliphatic heterocycles. The molecule has 2 aromatic rings. The first-order valence-corrected chi connectivity index (χ1v) is 8.15. The molecule has 1 saturated heterocycles. The number of esters is 1. The van der Waals surface area contributed by atoms with Crippen LogP contribution in [-0.4, -0.2) is 24.5 Å². The Kier molecular flexibility index (Phi) is 4.77. The predicted molar refractivity (Wildman–Crippen MR) is 91.3 cm³/mol. The molecule has 1 aliphatic rings. The number of carbonyl (C=O) groups excluding carboxylic acids is 1. The molecule has 2 aromatic carbocycles. The van der Waals surface area contributed by atoms with E-state index < -0.39 is 0 Å². The van der Waals surface area contributed by atoms with Crippen molar-refractivity contribution < 1.29 is 9.53 Å². The topological polar surface area (TPSA) is 29.5 Å². The van der Waals surface area contributed by atoms with Gasteiger partial charge in [-0.25, -0.2) is 4.79 Å². The molecule has 1 fully saturated rings. The molecule has 0 unspecified atom stereocenters. The SMILES string of the molecule is COC(=O)c1ccc(CN2CCC[C@@H]2c2cccc(C)c2)cc1. The van der Waals surface area contributed by atoms with Crippen LogP contribution in [0.4, 0.5) is 0 Å². The molecule has 0 N–H and O–H groups in total. The highest BCUT2D eigenvalue weighted by Crippen LogP contribution is 2.33. The molecular weight excluding hydrogens is 286 g/mol. The summed E-state index contributed by atoms with van der Waals surface area (Å²) in [5.41, 5.74) is 4.57. The number of carbonyl (C=O) groups is 1. The zero-order valence-electron chi connectivity index (χ0n) is 13.8. The number of hydrogen-bond donors (Lipinski definition) is 0. The normalized spacial score (nSPS) is 18.1. The number of ether oxygens (including phenoxy) is 1. The van der Waals surface area contributed by atoms with E-state index in [-0.39, 0.29) is 5.97 Å². The minimum Gasteiger partial charge on any atom is -0.465 e. The van der Waals surface area contributed by atoms with Gasteiger partial charge in [-0.15, -0.1) is 0 Å². The molecule has 23 heavy (non-hydrogen) atoms. The zero-order valence-corrected chi connectivity index (χ0v) is 13.8. The molecule has 0 amide bonds. The van der Waals surface area contributed by atoms with Crippen LogP contribution in [0, 0.1) is 6.92 Å². The Balaban J connectivity index is 1.72. The molecule has 120 valence electrons. The van der Waals surface area contributed by atoms with Crippen molar-refractivity contribution >= 4 is 5.97 Å². The second-order valence-electron chi connectivity index (χ2n) is 6.23. The van der Waals surface area contributed by atoms with E-state index in [0.717, 1.165) is 13.1 Å². The van der Waals surface area contributed by atoms with E-state index in [0.29, 0.717) is 11.6 Å². The van der Waals surface area contributed by atoms with Crippen LogP contribution in [0.2, 0.25) is 0 Å². The van der Waals surface area contributed by atoms with Gasteiger partial charge in [0.2, 0.25) is 0 Å². The van der Waals surface area contributed by atoms with Crippen molar-refractivity contribution in [1.82, 2.24) is 4.90 Å². The monoisotopic (exact) mass is 309 g/mol. The maximum atomic E-state index is 11.5. The zero-order chi connectivity index (χ0) is 16.2. The van der Waals surface area contributed by atoms with E-state index in [1.54, 1.807) is 0 Å². The lowest BCUT2D eigenvalue weighted by molar-refractivity contribution is 0.0600. The van der Waals surface area contributed by atoms with E-state index in [4.69, 9.17) is 4.74 Å². The first kappa shape index (κ1) is 15.8. The summed E-state index contributed by atoms with van der Waals surface area (Å²) in [5, 5.41) is 0. The van der Waals surface area contributed by atoms with E-state index >= 15 is 0 Å². The second kappa shape index (κ2) is 6.97. The Labute approximate surface area is 137 Å². The molecule has 0 aromatic heterocycles. The molecule has 0 saturated carbocycles. The Morgan fingerprint density at radius 1 is 1.22 bits per heavy atom. The van der Waals surface area contributed by atoms with Crippen LogP contribution in [0.15, 0.2) is 48.5 Å². The van der Waals surface area contributed by atoms with Gasteiger partial charge in [-0.05, 0) is 49.6 Å². The van der Waals surface area contributed by atoms with Crippen LogP contribution in [-0.2, 0) is 11.3 Å². The van der Waals surface area contributed by atoms with Crippen LogP contribution >= 0.6 is 0 Å². The van der Waals surface area contributed by atoms with Gasteiger partial charge < -0.3 is 4.74 Å². The number of benzene rings is 2. The fourth-order valence-corrected chi connectivity index (χ4v) is 3.37. The van der Waals surface area contributed by atoms with Crippen molar-refractivity contribution in [3.63, 3.8) is 0 Å². The second-order valence-corrected chi connectivity index (χ2v) is 6.23. The fraction of sp³-hybridized carbons (Fsp3) is 0.350. The van der Waals surface area contributed by atoms with Crippen LogP contribution in [0.5, 0.6) is 0 Å². The minimum absolute atomic E-state index is 0.282. The van der Waals surface area contributed by atoms with Crippen molar-refractivity contribution in [1.29, 1.82) is 0 Å². The van der Waals surface area contributed by atoms with Gasteiger partial charge in [-0.1, -0.05) is 42.0 Å². The maximum Gasteiger partial charge on any atom is 0.337 e. The first-order valence-electron chi connectivity index (χ1n) is 8.15. The van der Waals surface area contributed by atoms with E-state index in [1.807, 2.05) is 24.3 Å². The molecule has 0 aliphatic carbocycles. The van der Waals surface area contributed by atoms with Gasteiger partial charge in [0, 0.05) is 12.6 Å². The number of likely N-dealkylation sites (tertiary alicyclic amines) is 1. The quantitative estimate of drug-likeness (QED) is 0.796. The third kappa shape index (κ3) is 3.62. The Morgan fingerprint density at radius 2 is 2.00 bits per heavy atom.